The molecule has 2 amide bonds. The fraction of sp³-hybridized carbons (Fsp3) is 0.441. The summed E-state index contributed by atoms with van der Waals surface area (Å²) in [6.45, 7) is -0.0675. The van der Waals surface area contributed by atoms with E-state index in [-0.39, 0.29) is 43.3 Å². The van der Waals surface area contributed by atoms with E-state index in [1.54, 1.807) is 0 Å². The van der Waals surface area contributed by atoms with Crippen molar-refractivity contribution in [3.63, 3.8) is 0 Å². The van der Waals surface area contributed by atoms with E-state index in [2.05, 4.69) is 15.6 Å². The molecule has 5 rings (SSSR count). The predicted molar refractivity (Wildman–Crippen MR) is 161 cm³/mol. The number of cyclic esters (lactones) is 1. The van der Waals surface area contributed by atoms with Crippen LogP contribution in [0.25, 0.3) is 10.9 Å². The van der Waals surface area contributed by atoms with Gasteiger partial charge < -0.3 is 25.5 Å². The molecule has 3 unspecified atom stereocenters. The smallest absolute Gasteiger partial charge is 0.309 e. The van der Waals surface area contributed by atoms with Crippen molar-refractivity contribution < 1.29 is 24.2 Å². The summed E-state index contributed by atoms with van der Waals surface area (Å²) in [5.74, 6) is -1.72. The van der Waals surface area contributed by atoms with Crippen LogP contribution < -0.4 is 10.6 Å². The Hall–Kier alpha value is -3.91. The number of ether oxygens (including phenoxy) is 1. The molecule has 42 heavy (non-hydrogen) atoms. The average molecular weight is 572 g/mol. The van der Waals surface area contributed by atoms with Gasteiger partial charge in [0, 0.05) is 23.5 Å². The van der Waals surface area contributed by atoms with Crippen molar-refractivity contribution in [1.29, 1.82) is 0 Å². The van der Waals surface area contributed by atoms with E-state index in [1.807, 2.05) is 72.9 Å². The number of allylic oxidation sites excluding steroid dienone is 2. The summed E-state index contributed by atoms with van der Waals surface area (Å²) in [7, 11) is 0. The molecule has 2 aromatic carbocycles. The Labute approximate surface area is 246 Å². The van der Waals surface area contributed by atoms with Crippen LogP contribution in [0.15, 0.2) is 72.9 Å². The van der Waals surface area contributed by atoms with Gasteiger partial charge in [-0.1, -0.05) is 73.5 Å². The summed E-state index contributed by atoms with van der Waals surface area (Å²) >= 11 is 0. The third-order valence-corrected chi connectivity index (χ3v) is 8.65. The van der Waals surface area contributed by atoms with Crippen LogP contribution in [0.3, 0.4) is 0 Å². The van der Waals surface area contributed by atoms with Crippen LogP contribution >= 0.6 is 0 Å². The van der Waals surface area contributed by atoms with E-state index in [0.29, 0.717) is 25.7 Å². The third kappa shape index (κ3) is 7.48. The molecule has 0 saturated heterocycles. The highest BCUT2D eigenvalue weighted by Crippen LogP contribution is 2.29. The number of amides is 2. The van der Waals surface area contributed by atoms with Gasteiger partial charge in [0.2, 0.25) is 11.8 Å². The molecule has 1 saturated carbocycles. The highest BCUT2D eigenvalue weighted by atomic mass is 16.5. The number of H-pyrrole nitrogens is 1. The normalized spacial score (nSPS) is 23.0. The van der Waals surface area contributed by atoms with Crippen LogP contribution in [0.1, 0.15) is 56.1 Å². The zero-order valence-electron chi connectivity index (χ0n) is 24.0. The number of aromatic nitrogens is 1. The van der Waals surface area contributed by atoms with Crippen LogP contribution in [0, 0.1) is 11.8 Å². The number of esters is 1. The number of aliphatic hydroxyl groups is 1. The second kappa shape index (κ2) is 13.8. The minimum absolute atomic E-state index is 0.0188. The van der Waals surface area contributed by atoms with Crippen molar-refractivity contribution in [1.82, 2.24) is 15.6 Å². The summed E-state index contributed by atoms with van der Waals surface area (Å²) in [4.78, 5) is 43.3. The molecule has 1 aliphatic carbocycles. The van der Waals surface area contributed by atoms with Crippen LogP contribution in [0.2, 0.25) is 0 Å². The van der Waals surface area contributed by atoms with E-state index >= 15 is 0 Å². The van der Waals surface area contributed by atoms with Crippen molar-refractivity contribution in [2.75, 3.05) is 13.2 Å². The number of hydrogen-bond acceptors (Lipinski definition) is 5. The lowest BCUT2D eigenvalue weighted by Gasteiger charge is -2.29. The molecule has 0 bridgehead atoms. The Morgan fingerprint density at radius 1 is 0.952 bits per heavy atom. The molecule has 222 valence electrons. The standard InChI is InChI=1S/C34H41N3O5/c38-23-34(16-8-9-17-34)37-31(39)20-25-12-4-5-13-26(18-24-10-2-1-3-11-24)33(41)42-22-28(36-32(25)40)19-27-21-35-30-15-7-6-14-29(27)30/h1-7,10-11,14-15,21,25-26,28,35,38H,8-9,12-13,16-20,22-23H2,(H,36,40)(H,37,39). The lowest BCUT2D eigenvalue weighted by molar-refractivity contribution is -0.150. The predicted octanol–water partition coefficient (Wildman–Crippen LogP) is 4.37. The van der Waals surface area contributed by atoms with Crippen molar-refractivity contribution in [3.05, 3.63) is 84.1 Å². The van der Waals surface area contributed by atoms with E-state index in [1.165, 1.54) is 0 Å². The Kier molecular flexibility index (Phi) is 9.74. The van der Waals surface area contributed by atoms with Gasteiger partial charge in [-0.05, 0) is 55.7 Å². The van der Waals surface area contributed by atoms with Gasteiger partial charge in [-0.2, -0.15) is 0 Å². The molecule has 2 heterocycles. The monoisotopic (exact) mass is 571 g/mol. The summed E-state index contributed by atoms with van der Waals surface area (Å²) in [5, 5.41) is 17.2. The molecule has 8 nitrogen and oxygen atoms in total. The molecule has 2 aliphatic rings. The van der Waals surface area contributed by atoms with Gasteiger partial charge in [0.05, 0.1) is 30.0 Å². The summed E-state index contributed by atoms with van der Waals surface area (Å²) < 4.78 is 5.85. The summed E-state index contributed by atoms with van der Waals surface area (Å²) in [6.07, 6.45) is 11.1. The molecule has 3 atom stereocenters. The highest BCUT2D eigenvalue weighted by molar-refractivity contribution is 5.87. The Balaban J connectivity index is 1.35. The first kappa shape index (κ1) is 29.6. The topological polar surface area (TPSA) is 121 Å². The molecule has 1 fully saturated rings. The van der Waals surface area contributed by atoms with Crippen molar-refractivity contribution in [2.24, 2.45) is 11.8 Å². The summed E-state index contributed by atoms with van der Waals surface area (Å²) in [6, 6.07) is 17.4. The molecule has 0 spiro atoms. The third-order valence-electron chi connectivity index (χ3n) is 8.65. The van der Waals surface area contributed by atoms with Crippen molar-refractivity contribution >= 4 is 28.7 Å². The first-order chi connectivity index (χ1) is 20.4. The zero-order valence-corrected chi connectivity index (χ0v) is 24.0. The fourth-order valence-electron chi connectivity index (χ4n) is 6.25. The lowest BCUT2D eigenvalue weighted by atomic mass is 9.93. The van der Waals surface area contributed by atoms with Crippen LogP contribution in [-0.4, -0.2) is 52.7 Å². The minimum atomic E-state index is -0.592. The lowest BCUT2D eigenvalue weighted by Crippen LogP contribution is -2.50. The minimum Gasteiger partial charge on any atom is -0.463 e. The SMILES string of the molecule is O=C(CC1CC=CCC(Cc2ccccc2)C(=O)OCC(Cc2c[nH]c3ccccc23)NC1=O)NC1(CO)CCCC1. The first-order valence-corrected chi connectivity index (χ1v) is 15.1. The summed E-state index contributed by atoms with van der Waals surface area (Å²) in [5.41, 5.74) is 2.48. The zero-order chi connectivity index (χ0) is 29.4. The molecule has 3 aromatic rings. The molecular formula is C34H41N3O5. The molecular weight excluding hydrogens is 530 g/mol. The number of aliphatic hydroxyl groups excluding tert-OH is 1. The molecule has 8 heteroatoms. The second-order valence-electron chi connectivity index (χ2n) is 11.8. The van der Waals surface area contributed by atoms with Gasteiger partial charge >= 0.3 is 5.97 Å². The van der Waals surface area contributed by atoms with Gasteiger partial charge in [0.25, 0.3) is 0 Å². The number of rotatable bonds is 8. The Bertz CT molecular complexity index is 1390. The van der Waals surface area contributed by atoms with E-state index in [4.69, 9.17) is 4.74 Å². The number of carbonyl (C=O) groups is 3. The highest BCUT2D eigenvalue weighted by Gasteiger charge is 2.36. The van der Waals surface area contributed by atoms with E-state index in [9.17, 15) is 19.5 Å². The number of aromatic amines is 1. The maximum absolute atomic E-state index is 13.6. The quantitative estimate of drug-likeness (QED) is 0.236. The molecule has 0 radical (unpaired) electrons. The van der Waals surface area contributed by atoms with E-state index < -0.39 is 17.5 Å². The maximum atomic E-state index is 13.6. The molecule has 1 aliphatic heterocycles. The number of carbonyl (C=O) groups excluding carboxylic acids is 3. The van der Waals surface area contributed by atoms with Crippen LogP contribution in [0.4, 0.5) is 0 Å². The Morgan fingerprint density at radius 2 is 1.67 bits per heavy atom. The van der Waals surface area contributed by atoms with Gasteiger partial charge in [-0.3, -0.25) is 14.4 Å². The Morgan fingerprint density at radius 3 is 2.43 bits per heavy atom. The fourth-order valence-corrected chi connectivity index (χ4v) is 6.25. The molecule has 4 N–H and O–H groups in total. The number of para-hydroxylation sites is 1. The van der Waals surface area contributed by atoms with Gasteiger partial charge in [0.1, 0.15) is 6.61 Å². The van der Waals surface area contributed by atoms with Crippen LogP contribution in [-0.2, 0) is 32.0 Å². The average Bonchev–Trinajstić information content (AvgIpc) is 3.64. The van der Waals surface area contributed by atoms with Gasteiger partial charge in [0.15, 0.2) is 0 Å². The van der Waals surface area contributed by atoms with Crippen molar-refractivity contribution in [2.45, 2.75) is 69.4 Å². The van der Waals surface area contributed by atoms with Crippen molar-refractivity contribution in [3.8, 4) is 0 Å². The van der Waals surface area contributed by atoms with Gasteiger partial charge in [-0.25, -0.2) is 0 Å². The van der Waals surface area contributed by atoms with Crippen LogP contribution in [0.5, 0.6) is 0 Å². The van der Waals surface area contributed by atoms with Gasteiger partial charge in [-0.15, -0.1) is 0 Å². The number of hydrogen-bond donors (Lipinski definition) is 4. The maximum Gasteiger partial charge on any atom is 0.309 e. The number of fused-ring (bicyclic) bond motifs is 1. The first-order valence-electron chi connectivity index (χ1n) is 15.1. The largest absolute Gasteiger partial charge is 0.463 e. The molecule has 1 aromatic heterocycles. The second-order valence-corrected chi connectivity index (χ2v) is 11.8. The number of benzene rings is 2. The number of nitrogens with one attached hydrogen (secondary N) is 3. The van der Waals surface area contributed by atoms with E-state index in [0.717, 1.165) is 47.7 Å².